The fraction of sp³-hybridized carbons (Fsp3) is 0.846. The Balaban J connectivity index is 2.53. The molecule has 0 aromatic carbocycles. The second-order valence-electron chi connectivity index (χ2n) is 5.87. The molecular formula is C13H24O. The molecule has 0 N–H and O–H groups in total. The molecule has 1 atom stereocenters. The average molecular weight is 196 g/mol. The molecule has 82 valence electrons. The lowest BCUT2D eigenvalue weighted by molar-refractivity contribution is -0.0850. The highest BCUT2D eigenvalue weighted by Gasteiger charge is 2.33. The van der Waals surface area contributed by atoms with Gasteiger partial charge in [-0.2, -0.15) is 0 Å². The smallest absolute Gasteiger partial charge is 0.0835 e. The maximum atomic E-state index is 5.94. The van der Waals surface area contributed by atoms with E-state index in [1.54, 1.807) is 0 Å². The highest BCUT2D eigenvalue weighted by Crippen LogP contribution is 2.36. The first kappa shape index (κ1) is 11.8. The Bertz CT molecular complexity index is 203. The monoisotopic (exact) mass is 196 g/mol. The van der Waals surface area contributed by atoms with Crippen molar-refractivity contribution in [3.63, 3.8) is 0 Å². The van der Waals surface area contributed by atoms with Crippen LogP contribution in [-0.2, 0) is 4.74 Å². The summed E-state index contributed by atoms with van der Waals surface area (Å²) in [6.07, 6.45) is 6.89. The van der Waals surface area contributed by atoms with Crippen molar-refractivity contribution in [2.75, 3.05) is 6.61 Å². The molecule has 1 rings (SSSR count). The van der Waals surface area contributed by atoms with Crippen molar-refractivity contribution in [1.82, 2.24) is 0 Å². The van der Waals surface area contributed by atoms with E-state index < -0.39 is 0 Å². The minimum Gasteiger partial charge on any atom is -0.371 e. The molecule has 0 aromatic rings. The van der Waals surface area contributed by atoms with E-state index in [1.807, 2.05) is 0 Å². The van der Waals surface area contributed by atoms with Crippen LogP contribution in [0.25, 0.3) is 0 Å². The standard InChI is InChI=1S/C13H24O/c1-11(2)6-7-13(5)9-8-12(3,4)10-14-13/h6-7,11H,8-10H2,1-5H3/b7-6+. The number of hydrogen-bond donors (Lipinski definition) is 0. The molecule has 0 bridgehead atoms. The third kappa shape index (κ3) is 3.45. The van der Waals surface area contributed by atoms with E-state index in [0.29, 0.717) is 11.3 Å². The quantitative estimate of drug-likeness (QED) is 0.610. The predicted octanol–water partition coefficient (Wildman–Crippen LogP) is 3.79. The van der Waals surface area contributed by atoms with E-state index in [-0.39, 0.29) is 5.60 Å². The molecule has 14 heavy (non-hydrogen) atoms. The van der Waals surface area contributed by atoms with Crippen LogP contribution in [0.3, 0.4) is 0 Å². The third-order valence-corrected chi connectivity index (χ3v) is 2.92. The van der Waals surface area contributed by atoms with Gasteiger partial charge in [0, 0.05) is 0 Å². The van der Waals surface area contributed by atoms with Crippen LogP contribution in [0.4, 0.5) is 0 Å². The second kappa shape index (κ2) is 4.06. The Morgan fingerprint density at radius 3 is 2.21 bits per heavy atom. The molecule has 0 aromatic heterocycles. The molecule has 1 unspecified atom stereocenters. The maximum absolute atomic E-state index is 5.94. The van der Waals surface area contributed by atoms with E-state index in [4.69, 9.17) is 4.74 Å². The van der Waals surface area contributed by atoms with Gasteiger partial charge in [-0.3, -0.25) is 0 Å². The molecule has 0 radical (unpaired) electrons. The van der Waals surface area contributed by atoms with Gasteiger partial charge in [0.1, 0.15) is 0 Å². The van der Waals surface area contributed by atoms with Gasteiger partial charge in [-0.15, -0.1) is 0 Å². The number of allylic oxidation sites excluding steroid dienone is 1. The zero-order chi connectivity index (χ0) is 10.8. The lowest BCUT2D eigenvalue weighted by Crippen LogP contribution is -2.38. The molecule has 0 amide bonds. The molecule has 1 heteroatoms. The second-order valence-corrected chi connectivity index (χ2v) is 5.87. The van der Waals surface area contributed by atoms with Gasteiger partial charge in [-0.25, -0.2) is 0 Å². The number of rotatable bonds is 2. The van der Waals surface area contributed by atoms with Crippen molar-refractivity contribution in [3.8, 4) is 0 Å². The molecule has 1 heterocycles. The molecule has 1 aliphatic heterocycles. The van der Waals surface area contributed by atoms with Crippen molar-refractivity contribution in [2.45, 2.75) is 53.1 Å². The Morgan fingerprint density at radius 2 is 1.79 bits per heavy atom. The molecule has 0 spiro atoms. The van der Waals surface area contributed by atoms with Crippen molar-refractivity contribution < 1.29 is 4.74 Å². The number of hydrogen-bond acceptors (Lipinski definition) is 1. The van der Waals surface area contributed by atoms with E-state index in [2.05, 4.69) is 46.8 Å². The SMILES string of the molecule is CC(C)/C=C/C1(C)CCC(C)(C)CO1. The summed E-state index contributed by atoms with van der Waals surface area (Å²) in [7, 11) is 0. The zero-order valence-corrected chi connectivity index (χ0v) is 10.3. The molecule has 1 saturated heterocycles. The molecule has 0 aliphatic carbocycles. The van der Waals surface area contributed by atoms with Crippen molar-refractivity contribution in [2.24, 2.45) is 11.3 Å². The van der Waals surface area contributed by atoms with Gasteiger partial charge in [0.25, 0.3) is 0 Å². The molecule has 1 aliphatic rings. The van der Waals surface area contributed by atoms with Gasteiger partial charge in [-0.1, -0.05) is 39.8 Å². The largest absolute Gasteiger partial charge is 0.371 e. The minimum absolute atomic E-state index is 0.0141. The van der Waals surface area contributed by atoms with Crippen LogP contribution in [0.15, 0.2) is 12.2 Å². The van der Waals surface area contributed by atoms with Crippen LogP contribution >= 0.6 is 0 Å². The average Bonchev–Trinajstić information content (AvgIpc) is 2.08. The van der Waals surface area contributed by atoms with Crippen LogP contribution < -0.4 is 0 Å². The number of ether oxygens (including phenoxy) is 1. The van der Waals surface area contributed by atoms with Crippen LogP contribution in [0.2, 0.25) is 0 Å². The minimum atomic E-state index is -0.0141. The van der Waals surface area contributed by atoms with Gasteiger partial charge in [-0.05, 0) is 31.1 Å². The summed E-state index contributed by atoms with van der Waals surface area (Å²) >= 11 is 0. The van der Waals surface area contributed by atoms with E-state index in [1.165, 1.54) is 6.42 Å². The van der Waals surface area contributed by atoms with Gasteiger partial charge in [0.15, 0.2) is 0 Å². The van der Waals surface area contributed by atoms with Gasteiger partial charge in [0.05, 0.1) is 12.2 Å². The fourth-order valence-electron chi connectivity index (χ4n) is 1.62. The lowest BCUT2D eigenvalue weighted by Gasteiger charge is -2.40. The highest BCUT2D eigenvalue weighted by atomic mass is 16.5. The summed E-state index contributed by atoms with van der Waals surface area (Å²) < 4.78 is 5.94. The fourth-order valence-corrected chi connectivity index (χ4v) is 1.62. The third-order valence-electron chi connectivity index (χ3n) is 2.92. The van der Waals surface area contributed by atoms with Crippen LogP contribution in [-0.4, -0.2) is 12.2 Å². The summed E-state index contributed by atoms with van der Waals surface area (Å²) in [5.74, 6) is 0.616. The zero-order valence-electron chi connectivity index (χ0n) is 10.3. The van der Waals surface area contributed by atoms with E-state index in [9.17, 15) is 0 Å². The molecular weight excluding hydrogens is 172 g/mol. The molecule has 1 nitrogen and oxygen atoms in total. The first-order chi connectivity index (χ1) is 6.33. The Morgan fingerprint density at radius 1 is 1.14 bits per heavy atom. The van der Waals surface area contributed by atoms with E-state index in [0.717, 1.165) is 13.0 Å². The Kier molecular flexibility index (Phi) is 3.41. The first-order valence-electron chi connectivity index (χ1n) is 5.66. The molecule has 1 fully saturated rings. The Hall–Kier alpha value is -0.300. The summed E-state index contributed by atoms with van der Waals surface area (Å²) in [5, 5.41) is 0. The first-order valence-corrected chi connectivity index (χ1v) is 5.66. The topological polar surface area (TPSA) is 9.23 Å². The van der Waals surface area contributed by atoms with Crippen LogP contribution in [0.5, 0.6) is 0 Å². The van der Waals surface area contributed by atoms with Crippen LogP contribution in [0.1, 0.15) is 47.5 Å². The Labute approximate surface area is 88.5 Å². The van der Waals surface area contributed by atoms with Gasteiger partial charge < -0.3 is 4.74 Å². The molecule has 0 saturated carbocycles. The summed E-state index contributed by atoms with van der Waals surface area (Å²) in [6, 6.07) is 0. The summed E-state index contributed by atoms with van der Waals surface area (Å²) in [5.41, 5.74) is 0.352. The van der Waals surface area contributed by atoms with Gasteiger partial charge >= 0.3 is 0 Å². The normalized spacial score (nSPS) is 32.7. The van der Waals surface area contributed by atoms with Crippen molar-refractivity contribution in [1.29, 1.82) is 0 Å². The van der Waals surface area contributed by atoms with E-state index >= 15 is 0 Å². The summed E-state index contributed by atoms with van der Waals surface area (Å²) in [6.45, 7) is 12.0. The predicted molar refractivity (Wildman–Crippen MR) is 61.4 cm³/mol. The van der Waals surface area contributed by atoms with Crippen molar-refractivity contribution >= 4 is 0 Å². The maximum Gasteiger partial charge on any atom is 0.0835 e. The van der Waals surface area contributed by atoms with Crippen LogP contribution in [0, 0.1) is 11.3 Å². The van der Waals surface area contributed by atoms with Crippen molar-refractivity contribution in [3.05, 3.63) is 12.2 Å². The van der Waals surface area contributed by atoms with Gasteiger partial charge in [0.2, 0.25) is 0 Å². The highest BCUT2D eigenvalue weighted by molar-refractivity contribution is 5.03. The lowest BCUT2D eigenvalue weighted by atomic mass is 9.81. The summed E-state index contributed by atoms with van der Waals surface area (Å²) in [4.78, 5) is 0.